The highest BCUT2D eigenvalue weighted by atomic mass is 35.5. The van der Waals surface area contributed by atoms with E-state index in [4.69, 9.17) is 21.8 Å². The van der Waals surface area contributed by atoms with Gasteiger partial charge in [-0.05, 0) is 48.7 Å². The second-order valence-electron chi connectivity index (χ2n) is 6.48. The van der Waals surface area contributed by atoms with Crippen molar-refractivity contribution in [2.24, 2.45) is 0 Å². The molecule has 1 aliphatic rings. The lowest BCUT2D eigenvalue weighted by molar-refractivity contribution is -0.137. The van der Waals surface area contributed by atoms with Gasteiger partial charge in [-0.3, -0.25) is 19.2 Å². The fraction of sp³-hybridized carbons (Fsp3) is 0.200. The number of halogens is 1. The number of carboxylic acids is 2. The Morgan fingerprint density at radius 3 is 2.10 bits per heavy atom. The van der Waals surface area contributed by atoms with Crippen LogP contribution in [0.5, 0.6) is 5.75 Å². The van der Waals surface area contributed by atoms with Crippen LogP contribution in [0.15, 0.2) is 24.3 Å². The molecule has 0 saturated heterocycles. The average Bonchev–Trinajstić information content (AvgIpc) is 2.88. The van der Waals surface area contributed by atoms with E-state index in [-0.39, 0.29) is 18.6 Å². The predicted molar refractivity (Wildman–Crippen MR) is 105 cm³/mol. The summed E-state index contributed by atoms with van der Waals surface area (Å²) >= 11 is 5.75. The molecule has 29 heavy (non-hydrogen) atoms. The zero-order chi connectivity index (χ0) is 21.9. The third kappa shape index (κ3) is 5.32. The number of hydrogen-bond donors (Lipinski definition) is 4. The van der Waals surface area contributed by atoms with Gasteiger partial charge in [-0.25, -0.2) is 0 Å². The quantitative estimate of drug-likeness (QED) is 0.558. The Hall–Kier alpha value is -3.39. The summed E-state index contributed by atoms with van der Waals surface area (Å²) in [5.41, 5.74) is 3.20. The van der Waals surface area contributed by atoms with Crippen LogP contribution in [0.25, 0.3) is 0 Å². The first-order valence-corrected chi connectivity index (χ1v) is 8.78. The number of fused-ring (bicyclic) bond motifs is 1. The van der Waals surface area contributed by atoms with Crippen LogP contribution < -0.4 is 5.32 Å². The highest BCUT2D eigenvalue weighted by Gasteiger charge is 2.29. The minimum absolute atomic E-state index is 0.177. The first-order chi connectivity index (χ1) is 13.5. The van der Waals surface area contributed by atoms with Crippen LogP contribution in [0.4, 0.5) is 5.69 Å². The molecule has 1 heterocycles. The molecule has 0 aliphatic carbocycles. The van der Waals surface area contributed by atoms with Crippen LogP contribution >= 0.6 is 11.6 Å². The minimum Gasteiger partial charge on any atom is -0.508 e. The lowest BCUT2D eigenvalue weighted by Gasteiger charge is -2.08. The summed E-state index contributed by atoms with van der Waals surface area (Å²) in [6, 6.07) is 6.02. The summed E-state index contributed by atoms with van der Waals surface area (Å²) in [7, 11) is 0. The standard InChI is InChI=1S/C11H12O5.C9H6ClNO2/c1-6-2-8(5-11(15)16)9(12)3-7(6)4-10(13)14;1-4-2-5(10)3-6-7(4)11-9(13)8(6)12/h2-3,12H,4-5H2,1H3,(H,13,14)(H,15,16);2-3H,1H3,(H,11,12,13). The Labute approximate surface area is 170 Å². The molecule has 4 N–H and O–H groups in total. The molecule has 0 spiro atoms. The fourth-order valence-electron chi connectivity index (χ4n) is 2.84. The molecule has 152 valence electrons. The second kappa shape index (κ2) is 8.74. The number of Topliss-reactive ketones (excluding diaryl/α,β-unsaturated/α-hetero) is 1. The number of benzene rings is 2. The SMILES string of the molecule is Cc1cc(CC(=O)O)c(O)cc1CC(=O)O.Cc1cc(Cl)cc2c1NC(=O)C2=O. The van der Waals surface area contributed by atoms with E-state index in [9.17, 15) is 24.3 Å². The van der Waals surface area contributed by atoms with Crippen LogP contribution in [0.3, 0.4) is 0 Å². The van der Waals surface area contributed by atoms with Crippen LogP contribution in [-0.4, -0.2) is 38.9 Å². The Morgan fingerprint density at radius 2 is 1.52 bits per heavy atom. The maximum absolute atomic E-state index is 11.2. The molecule has 3 rings (SSSR count). The molecule has 9 heteroatoms. The molecule has 0 aromatic heterocycles. The van der Waals surface area contributed by atoms with E-state index in [1.54, 1.807) is 19.9 Å². The average molecular weight is 420 g/mol. The lowest BCUT2D eigenvalue weighted by atomic mass is 10.00. The van der Waals surface area contributed by atoms with E-state index in [0.29, 0.717) is 33.0 Å². The molecule has 0 radical (unpaired) electrons. The smallest absolute Gasteiger partial charge is 0.307 e. The van der Waals surface area contributed by atoms with Gasteiger partial charge in [0.2, 0.25) is 0 Å². The fourth-order valence-corrected chi connectivity index (χ4v) is 3.11. The molecule has 0 saturated carbocycles. The Balaban J connectivity index is 0.000000211. The molecule has 1 aliphatic heterocycles. The van der Waals surface area contributed by atoms with Crippen molar-refractivity contribution in [2.45, 2.75) is 26.7 Å². The molecule has 2 aromatic carbocycles. The maximum Gasteiger partial charge on any atom is 0.307 e. The van der Waals surface area contributed by atoms with E-state index in [0.717, 1.165) is 5.56 Å². The summed E-state index contributed by atoms with van der Waals surface area (Å²) in [5, 5.41) is 29.7. The summed E-state index contributed by atoms with van der Waals surface area (Å²) < 4.78 is 0. The van der Waals surface area contributed by atoms with E-state index < -0.39 is 23.6 Å². The van der Waals surface area contributed by atoms with Crippen molar-refractivity contribution in [3.8, 4) is 5.75 Å². The van der Waals surface area contributed by atoms with Crippen LogP contribution in [-0.2, 0) is 27.2 Å². The largest absolute Gasteiger partial charge is 0.508 e. The normalized spacial score (nSPS) is 12.0. The Kier molecular flexibility index (Phi) is 6.60. The van der Waals surface area contributed by atoms with Gasteiger partial charge >= 0.3 is 11.9 Å². The summed E-state index contributed by atoms with van der Waals surface area (Å²) in [6.45, 7) is 3.48. The number of aromatic hydroxyl groups is 1. The number of hydrogen-bond acceptors (Lipinski definition) is 5. The summed E-state index contributed by atoms with van der Waals surface area (Å²) in [6.07, 6.45) is -0.466. The molecule has 0 atom stereocenters. The van der Waals surface area contributed by atoms with E-state index >= 15 is 0 Å². The highest BCUT2D eigenvalue weighted by molar-refractivity contribution is 6.52. The minimum atomic E-state index is -1.04. The molecule has 0 fully saturated rings. The zero-order valence-corrected chi connectivity index (χ0v) is 16.3. The summed E-state index contributed by atoms with van der Waals surface area (Å²) in [5.74, 6) is -3.31. The van der Waals surface area contributed by atoms with Crippen molar-refractivity contribution in [2.75, 3.05) is 5.32 Å². The molecule has 2 aromatic rings. The lowest BCUT2D eigenvalue weighted by Crippen LogP contribution is -2.12. The zero-order valence-electron chi connectivity index (χ0n) is 15.6. The van der Waals surface area contributed by atoms with Crippen LogP contribution in [0.2, 0.25) is 5.02 Å². The maximum atomic E-state index is 11.2. The number of amides is 1. The van der Waals surface area contributed by atoms with E-state index in [2.05, 4.69) is 5.32 Å². The number of carbonyl (C=O) groups is 4. The molecular formula is C20H18ClNO7. The third-order valence-electron chi connectivity index (χ3n) is 4.21. The number of aliphatic carboxylic acids is 2. The molecular weight excluding hydrogens is 402 g/mol. The topological polar surface area (TPSA) is 141 Å². The second-order valence-corrected chi connectivity index (χ2v) is 6.91. The van der Waals surface area contributed by atoms with Crippen molar-refractivity contribution in [1.29, 1.82) is 0 Å². The molecule has 0 bridgehead atoms. The van der Waals surface area contributed by atoms with E-state index in [1.165, 1.54) is 18.2 Å². The van der Waals surface area contributed by atoms with Crippen molar-refractivity contribution >= 4 is 40.9 Å². The molecule has 0 unspecified atom stereocenters. The highest BCUT2D eigenvalue weighted by Crippen LogP contribution is 2.30. The van der Waals surface area contributed by atoms with Gasteiger partial charge in [-0.2, -0.15) is 0 Å². The number of phenols is 1. The van der Waals surface area contributed by atoms with Crippen molar-refractivity contribution < 1.29 is 34.5 Å². The number of nitrogens with one attached hydrogen (secondary N) is 1. The van der Waals surface area contributed by atoms with Crippen LogP contribution in [0, 0.1) is 13.8 Å². The number of ketones is 1. The van der Waals surface area contributed by atoms with E-state index in [1.807, 2.05) is 0 Å². The number of anilines is 1. The van der Waals surface area contributed by atoms with Gasteiger partial charge in [0.1, 0.15) is 5.75 Å². The number of carboxylic acid groups (broad SMARTS) is 2. The number of aryl methyl sites for hydroxylation is 2. The van der Waals surface area contributed by atoms with Crippen molar-refractivity contribution in [3.63, 3.8) is 0 Å². The van der Waals surface area contributed by atoms with Gasteiger partial charge in [0.05, 0.1) is 24.1 Å². The van der Waals surface area contributed by atoms with Gasteiger partial charge < -0.3 is 20.6 Å². The van der Waals surface area contributed by atoms with Crippen LogP contribution in [0.1, 0.15) is 32.6 Å². The first-order valence-electron chi connectivity index (χ1n) is 8.40. The number of phenolic OH excluding ortho intramolecular Hbond substituents is 1. The van der Waals surface area contributed by atoms with Gasteiger partial charge in [0.25, 0.3) is 11.7 Å². The number of rotatable bonds is 4. The van der Waals surface area contributed by atoms with Gasteiger partial charge in [0, 0.05) is 10.6 Å². The molecule has 1 amide bonds. The van der Waals surface area contributed by atoms with Gasteiger partial charge in [-0.1, -0.05) is 17.7 Å². The first kappa shape index (κ1) is 21.9. The predicted octanol–water partition coefficient (Wildman–Crippen LogP) is 2.74. The summed E-state index contributed by atoms with van der Waals surface area (Å²) in [4.78, 5) is 43.2. The van der Waals surface area contributed by atoms with Crippen molar-refractivity contribution in [1.82, 2.24) is 0 Å². The third-order valence-corrected chi connectivity index (χ3v) is 4.43. The van der Waals surface area contributed by atoms with Gasteiger partial charge in [-0.15, -0.1) is 0 Å². The van der Waals surface area contributed by atoms with Gasteiger partial charge in [0.15, 0.2) is 0 Å². The monoisotopic (exact) mass is 419 g/mol. The molecule has 8 nitrogen and oxygen atoms in total. The number of carbonyl (C=O) groups excluding carboxylic acids is 2. The Bertz CT molecular complexity index is 988. The van der Waals surface area contributed by atoms with Crippen molar-refractivity contribution in [3.05, 3.63) is 57.1 Å². The Morgan fingerprint density at radius 1 is 0.931 bits per heavy atom.